The Labute approximate surface area is 119 Å². The van der Waals surface area contributed by atoms with Gasteiger partial charge in [0.05, 0.1) is 5.70 Å². The van der Waals surface area contributed by atoms with E-state index < -0.39 is 5.91 Å². The number of Topliss-reactive ketones (excluding diaryl/α,β-unsaturated/α-hetero) is 1. The van der Waals surface area contributed by atoms with Crippen molar-refractivity contribution in [3.8, 4) is 0 Å². The standard InChI is InChI=1S/C12H14N4O3S/c1-16(2)4-3-14-6-5-7(17)10-8(9(6)18)15-12(20-10)11(13)19/h5,14H,3-4H2,1-2H3,(H2,13,19). The molecule has 2 rings (SSSR count). The molecule has 1 aromatic heterocycles. The van der Waals surface area contributed by atoms with Crippen LogP contribution < -0.4 is 11.1 Å². The van der Waals surface area contributed by atoms with E-state index in [0.29, 0.717) is 6.54 Å². The summed E-state index contributed by atoms with van der Waals surface area (Å²) in [6, 6.07) is 0. The summed E-state index contributed by atoms with van der Waals surface area (Å²) in [5.74, 6) is -1.47. The minimum absolute atomic E-state index is 0.00338. The number of likely N-dealkylation sites (N-methyl/N-ethyl adjacent to an activating group) is 1. The molecule has 0 saturated heterocycles. The monoisotopic (exact) mass is 294 g/mol. The highest BCUT2D eigenvalue weighted by atomic mass is 32.1. The number of carbonyl (C=O) groups is 3. The Morgan fingerprint density at radius 3 is 2.75 bits per heavy atom. The average Bonchev–Trinajstić information content (AvgIpc) is 2.80. The number of nitrogens with zero attached hydrogens (tertiary/aromatic N) is 2. The zero-order valence-electron chi connectivity index (χ0n) is 11.1. The SMILES string of the molecule is CN(C)CCNC1=CC(=O)c2sc(C(N)=O)nc2C1=O. The Hall–Kier alpha value is -2.06. The van der Waals surface area contributed by atoms with Crippen molar-refractivity contribution in [2.75, 3.05) is 27.2 Å². The first-order valence-electron chi connectivity index (χ1n) is 5.90. The lowest BCUT2D eigenvalue weighted by Gasteiger charge is -2.15. The van der Waals surface area contributed by atoms with Crippen molar-refractivity contribution in [2.24, 2.45) is 5.73 Å². The number of aromatic nitrogens is 1. The number of nitrogens with one attached hydrogen (secondary N) is 1. The maximum absolute atomic E-state index is 12.2. The number of primary amides is 1. The molecule has 8 heteroatoms. The molecular weight excluding hydrogens is 280 g/mol. The highest BCUT2D eigenvalue weighted by molar-refractivity contribution is 7.16. The molecule has 3 N–H and O–H groups in total. The molecule has 1 aliphatic rings. The van der Waals surface area contributed by atoms with E-state index in [2.05, 4.69) is 10.3 Å². The molecule has 0 atom stereocenters. The molecule has 0 aromatic carbocycles. The number of fused-ring (bicyclic) bond motifs is 1. The van der Waals surface area contributed by atoms with Crippen LogP contribution in [0.3, 0.4) is 0 Å². The molecule has 0 bridgehead atoms. The average molecular weight is 294 g/mol. The summed E-state index contributed by atoms with van der Waals surface area (Å²) in [7, 11) is 3.81. The molecular formula is C12H14N4O3S. The van der Waals surface area contributed by atoms with Crippen molar-refractivity contribution >= 4 is 28.8 Å². The minimum atomic E-state index is -0.743. The zero-order chi connectivity index (χ0) is 14.9. The zero-order valence-corrected chi connectivity index (χ0v) is 11.9. The fourth-order valence-electron chi connectivity index (χ4n) is 1.68. The molecule has 0 spiro atoms. The highest BCUT2D eigenvalue weighted by Gasteiger charge is 2.30. The van der Waals surface area contributed by atoms with Crippen LogP contribution in [0.2, 0.25) is 0 Å². The van der Waals surface area contributed by atoms with Gasteiger partial charge in [0.1, 0.15) is 10.6 Å². The van der Waals surface area contributed by atoms with Crippen molar-refractivity contribution in [1.82, 2.24) is 15.2 Å². The predicted molar refractivity (Wildman–Crippen MR) is 73.9 cm³/mol. The first-order chi connectivity index (χ1) is 9.40. The molecule has 7 nitrogen and oxygen atoms in total. The summed E-state index contributed by atoms with van der Waals surface area (Å²) in [5.41, 5.74) is 5.32. The van der Waals surface area contributed by atoms with Gasteiger partial charge in [0.2, 0.25) is 5.78 Å². The van der Waals surface area contributed by atoms with Gasteiger partial charge in [-0.05, 0) is 14.1 Å². The van der Waals surface area contributed by atoms with E-state index >= 15 is 0 Å². The number of ketones is 2. The van der Waals surface area contributed by atoms with Crippen LogP contribution in [-0.4, -0.2) is 54.5 Å². The molecule has 0 saturated carbocycles. The Morgan fingerprint density at radius 2 is 2.15 bits per heavy atom. The van der Waals surface area contributed by atoms with Crippen molar-refractivity contribution in [3.63, 3.8) is 0 Å². The lowest BCUT2D eigenvalue weighted by Crippen LogP contribution is -2.31. The molecule has 106 valence electrons. The van der Waals surface area contributed by atoms with Crippen LogP contribution >= 0.6 is 11.3 Å². The second-order valence-electron chi connectivity index (χ2n) is 4.54. The summed E-state index contributed by atoms with van der Waals surface area (Å²) < 4.78 is 0. The van der Waals surface area contributed by atoms with Crippen LogP contribution in [0.5, 0.6) is 0 Å². The number of allylic oxidation sites excluding steroid dienone is 2. The quantitative estimate of drug-likeness (QED) is 0.769. The van der Waals surface area contributed by atoms with Crippen LogP contribution in [-0.2, 0) is 0 Å². The van der Waals surface area contributed by atoms with Crippen molar-refractivity contribution in [1.29, 1.82) is 0 Å². The summed E-state index contributed by atoms with van der Waals surface area (Å²) in [4.78, 5) is 41.1. The topological polar surface area (TPSA) is 105 Å². The van der Waals surface area contributed by atoms with Crippen molar-refractivity contribution in [2.45, 2.75) is 0 Å². The number of hydrogen-bond acceptors (Lipinski definition) is 7. The van der Waals surface area contributed by atoms with E-state index in [9.17, 15) is 14.4 Å². The lowest BCUT2D eigenvalue weighted by atomic mass is 10.0. The first-order valence-corrected chi connectivity index (χ1v) is 6.71. The second-order valence-corrected chi connectivity index (χ2v) is 5.54. The molecule has 0 fully saturated rings. The number of carbonyl (C=O) groups excluding carboxylic acids is 3. The van der Waals surface area contributed by atoms with Crippen LogP contribution in [0.15, 0.2) is 11.8 Å². The molecule has 20 heavy (non-hydrogen) atoms. The van der Waals surface area contributed by atoms with Crippen LogP contribution in [0.4, 0.5) is 0 Å². The summed E-state index contributed by atoms with van der Waals surface area (Å²) >= 11 is 0.849. The van der Waals surface area contributed by atoms with E-state index in [1.54, 1.807) is 0 Å². The van der Waals surface area contributed by atoms with Gasteiger partial charge in [-0.1, -0.05) is 0 Å². The number of hydrogen-bond donors (Lipinski definition) is 2. The largest absolute Gasteiger partial charge is 0.380 e. The van der Waals surface area contributed by atoms with E-state index in [1.807, 2.05) is 19.0 Å². The molecule has 0 radical (unpaired) electrons. The summed E-state index contributed by atoms with van der Waals surface area (Å²) in [6.45, 7) is 1.25. The van der Waals surface area contributed by atoms with Gasteiger partial charge in [0, 0.05) is 19.2 Å². The third-order valence-corrected chi connectivity index (χ3v) is 3.76. The number of thiazole rings is 1. The van der Waals surface area contributed by atoms with Gasteiger partial charge < -0.3 is 16.0 Å². The van der Waals surface area contributed by atoms with Gasteiger partial charge in [-0.2, -0.15) is 0 Å². The molecule has 1 amide bonds. The lowest BCUT2D eigenvalue weighted by molar-refractivity contribution is 0.0975. The fraction of sp³-hybridized carbons (Fsp3) is 0.333. The number of nitrogens with two attached hydrogens (primary N) is 1. The Kier molecular flexibility index (Phi) is 3.96. The smallest absolute Gasteiger partial charge is 0.277 e. The van der Waals surface area contributed by atoms with Gasteiger partial charge in [-0.15, -0.1) is 11.3 Å². The Morgan fingerprint density at radius 1 is 1.45 bits per heavy atom. The normalized spacial score (nSPS) is 14.2. The maximum Gasteiger partial charge on any atom is 0.277 e. The Bertz CT molecular complexity index is 618. The first kappa shape index (κ1) is 14.4. The van der Waals surface area contributed by atoms with Gasteiger partial charge in [-0.3, -0.25) is 14.4 Å². The molecule has 1 aromatic rings. The Balaban J connectivity index is 2.21. The number of amides is 1. The molecule has 0 aliphatic heterocycles. The van der Waals surface area contributed by atoms with Gasteiger partial charge in [-0.25, -0.2) is 4.98 Å². The maximum atomic E-state index is 12.2. The highest BCUT2D eigenvalue weighted by Crippen LogP contribution is 2.25. The van der Waals surface area contributed by atoms with E-state index in [1.165, 1.54) is 6.08 Å². The third-order valence-electron chi connectivity index (χ3n) is 2.67. The van der Waals surface area contributed by atoms with Crippen LogP contribution in [0.1, 0.15) is 30.0 Å². The molecule has 1 heterocycles. The van der Waals surface area contributed by atoms with E-state index in [0.717, 1.165) is 17.9 Å². The van der Waals surface area contributed by atoms with E-state index in [4.69, 9.17) is 5.73 Å². The predicted octanol–water partition coefficient (Wildman–Crippen LogP) is -0.344. The molecule has 0 unspecified atom stereocenters. The van der Waals surface area contributed by atoms with Crippen LogP contribution in [0.25, 0.3) is 0 Å². The van der Waals surface area contributed by atoms with Gasteiger partial charge in [0.25, 0.3) is 5.91 Å². The van der Waals surface area contributed by atoms with Gasteiger partial charge in [0.15, 0.2) is 10.8 Å². The van der Waals surface area contributed by atoms with Crippen molar-refractivity contribution in [3.05, 3.63) is 27.4 Å². The third kappa shape index (κ3) is 2.75. The molecule has 1 aliphatic carbocycles. The second kappa shape index (κ2) is 5.51. The van der Waals surface area contributed by atoms with E-state index in [-0.39, 0.29) is 32.8 Å². The van der Waals surface area contributed by atoms with Crippen molar-refractivity contribution < 1.29 is 14.4 Å². The van der Waals surface area contributed by atoms with Crippen LogP contribution in [0, 0.1) is 0 Å². The minimum Gasteiger partial charge on any atom is -0.380 e. The van der Waals surface area contributed by atoms with Gasteiger partial charge >= 0.3 is 0 Å². The fourth-order valence-corrected chi connectivity index (χ4v) is 2.51. The summed E-state index contributed by atoms with van der Waals surface area (Å²) in [6.07, 6.45) is 1.24. The number of rotatable bonds is 5. The summed E-state index contributed by atoms with van der Waals surface area (Å²) in [5, 5.41) is 2.88.